The molecule has 8 heteroatoms. The van der Waals surface area contributed by atoms with Crippen LogP contribution in [-0.4, -0.2) is 27.6 Å². The highest BCUT2D eigenvalue weighted by Crippen LogP contribution is 2.44. The zero-order valence-corrected chi connectivity index (χ0v) is 19.8. The van der Waals surface area contributed by atoms with Crippen molar-refractivity contribution >= 4 is 34.2 Å². The highest BCUT2D eigenvalue weighted by molar-refractivity contribution is 6.05. The number of aryl methyl sites for hydroxylation is 1. The summed E-state index contributed by atoms with van der Waals surface area (Å²) in [7, 11) is 0. The van der Waals surface area contributed by atoms with Gasteiger partial charge in [0.05, 0.1) is 16.5 Å². The van der Waals surface area contributed by atoms with Crippen molar-refractivity contribution in [3.63, 3.8) is 0 Å². The van der Waals surface area contributed by atoms with Gasteiger partial charge in [-0.15, -0.1) is 4.39 Å². The molecular weight excluding hydrogens is 434 g/mol. The normalized spacial score (nSPS) is 13.5. The molecule has 4 rings (SSSR count). The van der Waals surface area contributed by atoms with E-state index >= 15 is 0 Å². The largest absolute Gasteiger partial charge is 0.401 e. The van der Waals surface area contributed by atoms with Gasteiger partial charge in [-0.1, -0.05) is 17.6 Å². The predicted molar refractivity (Wildman–Crippen MR) is 130 cm³/mol. The molecule has 1 aromatic heterocycles. The lowest BCUT2D eigenvalue weighted by molar-refractivity contribution is -0.473. The van der Waals surface area contributed by atoms with Gasteiger partial charge in [0.2, 0.25) is 0 Å². The fraction of sp³-hybridized carbons (Fsp3) is 0.231. The van der Waals surface area contributed by atoms with Gasteiger partial charge in [0, 0.05) is 11.3 Å². The standard InChI is InChI=1S/C26H24F2N6/c1-12(2)20-14(4)21(17-7-8-19(27)13(3)22(17)18(9-29)16(6)30)15(5)24-23(20)25(33-26(28)32-24)34-10-31-11-34/h7-8,10H,1,11H2,2-6H3,(H2,30,32,33)/p+1. The monoisotopic (exact) mass is 459 g/mol. The number of aromatic nitrogens is 2. The Balaban J connectivity index is 2.24. The number of halogens is 2. The van der Waals surface area contributed by atoms with Crippen LogP contribution in [0.15, 0.2) is 24.4 Å². The Bertz CT molecular complexity index is 1500. The van der Waals surface area contributed by atoms with Crippen LogP contribution in [0.3, 0.4) is 0 Å². The summed E-state index contributed by atoms with van der Waals surface area (Å²) in [6.07, 6.45) is 0.872. The van der Waals surface area contributed by atoms with E-state index in [0.29, 0.717) is 45.6 Å². The van der Waals surface area contributed by atoms with Crippen LogP contribution in [-0.2, 0) is 0 Å². The van der Waals surface area contributed by atoms with Gasteiger partial charge in [0.25, 0.3) is 5.82 Å². The van der Waals surface area contributed by atoms with Gasteiger partial charge in [-0.05, 0) is 79.6 Å². The first-order chi connectivity index (χ1) is 16.1. The Hall–Kier alpha value is -4.12. The number of hydrogen-bond acceptors (Lipinski definition) is 5. The third-order valence-electron chi connectivity index (χ3n) is 6.22. The maximum atomic E-state index is 14.7. The summed E-state index contributed by atoms with van der Waals surface area (Å²) in [5.41, 5.74) is 12.1. The number of fused-ring (bicyclic) bond motifs is 1. The number of nitrogens with one attached hydrogen (secondary N) is 1. The Morgan fingerprint density at radius 1 is 1.12 bits per heavy atom. The molecule has 34 heavy (non-hydrogen) atoms. The molecule has 2 heterocycles. The summed E-state index contributed by atoms with van der Waals surface area (Å²) in [4.78, 5) is 8.24. The number of nitriles is 1. The molecule has 0 saturated heterocycles. The lowest BCUT2D eigenvalue weighted by Crippen LogP contribution is -2.38. The van der Waals surface area contributed by atoms with E-state index in [1.807, 2.05) is 20.8 Å². The van der Waals surface area contributed by atoms with E-state index in [1.165, 1.54) is 6.07 Å². The molecule has 0 bridgehead atoms. The van der Waals surface area contributed by atoms with Crippen molar-refractivity contribution in [1.29, 1.82) is 5.26 Å². The second kappa shape index (κ2) is 8.34. The van der Waals surface area contributed by atoms with Crippen molar-refractivity contribution in [2.75, 3.05) is 6.67 Å². The molecular formula is C26H25F2N6+. The van der Waals surface area contributed by atoms with E-state index in [4.69, 9.17) is 5.73 Å². The summed E-state index contributed by atoms with van der Waals surface area (Å²) in [6.45, 7) is 13.5. The van der Waals surface area contributed by atoms with Gasteiger partial charge >= 0.3 is 6.08 Å². The van der Waals surface area contributed by atoms with Crippen LogP contribution in [0.4, 0.5) is 14.6 Å². The number of nitrogens with two attached hydrogens (primary N) is 1. The third-order valence-corrected chi connectivity index (χ3v) is 6.22. The molecule has 0 aliphatic carbocycles. The van der Waals surface area contributed by atoms with Crippen molar-refractivity contribution < 1.29 is 13.4 Å². The molecule has 0 saturated carbocycles. The summed E-state index contributed by atoms with van der Waals surface area (Å²) in [5, 5.41) is 13.6. The van der Waals surface area contributed by atoms with Crippen LogP contribution in [0.1, 0.15) is 41.7 Å². The Morgan fingerprint density at radius 2 is 1.79 bits per heavy atom. The van der Waals surface area contributed by atoms with Gasteiger partial charge in [-0.25, -0.2) is 8.97 Å². The summed E-state index contributed by atoms with van der Waals surface area (Å²) < 4.78 is 31.1. The fourth-order valence-electron chi connectivity index (χ4n) is 4.66. The number of nitrogens with zero attached hydrogens (tertiary/aromatic N) is 4. The van der Waals surface area contributed by atoms with E-state index in [2.05, 4.69) is 27.9 Å². The van der Waals surface area contributed by atoms with Gasteiger partial charge in [-0.3, -0.25) is 5.32 Å². The Kier molecular flexibility index (Phi) is 5.65. The van der Waals surface area contributed by atoms with Crippen LogP contribution in [0, 0.1) is 44.0 Å². The molecule has 1 aliphatic heterocycles. The van der Waals surface area contributed by atoms with Gasteiger partial charge in [-0.2, -0.15) is 10.2 Å². The first kappa shape index (κ1) is 23.1. The van der Waals surface area contributed by atoms with Crippen molar-refractivity contribution in [3.8, 4) is 17.2 Å². The Morgan fingerprint density at radius 3 is 2.32 bits per heavy atom. The van der Waals surface area contributed by atoms with Crippen molar-refractivity contribution in [3.05, 3.63) is 64.1 Å². The van der Waals surface area contributed by atoms with E-state index < -0.39 is 11.9 Å². The smallest absolute Gasteiger partial charge is 0.384 e. The topological polar surface area (TPSA) is 90.6 Å². The SMILES string of the molecule is C=C(C)c1c(C)c(-c2ccc(F)c(C)c2/C(C#N)=C(\C)N)c(C)c2nc(F)nc([N+]3=CNC3)c12. The maximum absolute atomic E-state index is 14.7. The minimum absolute atomic E-state index is 0.193. The molecule has 0 atom stereocenters. The first-order valence-electron chi connectivity index (χ1n) is 10.7. The maximum Gasteiger partial charge on any atom is 0.384 e. The highest BCUT2D eigenvalue weighted by Gasteiger charge is 2.29. The van der Waals surface area contributed by atoms with E-state index in [0.717, 1.165) is 22.3 Å². The minimum Gasteiger partial charge on any atom is -0.401 e. The van der Waals surface area contributed by atoms with Crippen molar-refractivity contribution in [2.45, 2.75) is 34.6 Å². The quantitative estimate of drug-likeness (QED) is 0.326. The zero-order valence-electron chi connectivity index (χ0n) is 19.8. The fourth-order valence-corrected chi connectivity index (χ4v) is 4.66. The van der Waals surface area contributed by atoms with Crippen molar-refractivity contribution in [1.82, 2.24) is 15.3 Å². The molecule has 0 amide bonds. The van der Waals surface area contributed by atoms with E-state index in [1.54, 1.807) is 30.8 Å². The molecule has 3 N–H and O–H groups in total. The summed E-state index contributed by atoms with van der Waals surface area (Å²) >= 11 is 0. The first-order valence-corrected chi connectivity index (χ1v) is 10.7. The molecule has 0 fully saturated rings. The molecule has 0 unspecified atom stereocenters. The second-order valence-electron chi connectivity index (χ2n) is 8.55. The lowest BCUT2D eigenvalue weighted by Gasteiger charge is -2.23. The van der Waals surface area contributed by atoms with E-state index in [9.17, 15) is 14.0 Å². The van der Waals surface area contributed by atoms with Crippen LogP contribution in [0.25, 0.3) is 33.2 Å². The summed E-state index contributed by atoms with van der Waals surface area (Å²) in [6, 6.07) is 5.12. The molecule has 0 spiro atoms. The van der Waals surface area contributed by atoms with Crippen LogP contribution < -0.4 is 11.1 Å². The van der Waals surface area contributed by atoms with Gasteiger partial charge in [0.15, 0.2) is 13.0 Å². The molecule has 3 aromatic rings. The highest BCUT2D eigenvalue weighted by atomic mass is 19.1. The number of hydrogen-bond donors (Lipinski definition) is 2. The molecule has 1 aliphatic rings. The second-order valence-corrected chi connectivity index (χ2v) is 8.55. The molecule has 0 radical (unpaired) electrons. The van der Waals surface area contributed by atoms with Crippen LogP contribution in [0.5, 0.6) is 0 Å². The molecule has 2 aromatic carbocycles. The average molecular weight is 460 g/mol. The number of allylic oxidation sites excluding steroid dienone is 3. The third kappa shape index (κ3) is 3.41. The van der Waals surface area contributed by atoms with Crippen LogP contribution >= 0.6 is 0 Å². The number of benzene rings is 2. The molecule has 172 valence electrons. The zero-order chi connectivity index (χ0) is 24.9. The lowest BCUT2D eigenvalue weighted by atomic mass is 9.82. The van der Waals surface area contributed by atoms with Gasteiger partial charge < -0.3 is 5.73 Å². The molecule has 6 nitrogen and oxygen atoms in total. The average Bonchev–Trinajstić information content (AvgIpc) is 2.72. The minimum atomic E-state index is -0.848. The summed E-state index contributed by atoms with van der Waals surface area (Å²) in [5.74, 6) is 0.00312. The van der Waals surface area contributed by atoms with Crippen LogP contribution in [0.2, 0.25) is 0 Å². The number of rotatable bonds is 4. The van der Waals surface area contributed by atoms with Gasteiger partial charge in [0.1, 0.15) is 11.9 Å². The predicted octanol–water partition coefficient (Wildman–Crippen LogP) is 4.98. The van der Waals surface area contributed by atoms with Crippen molar-refractivity contribution in [2.24, 2.45) is 5.73 Å². The van der Waals surface area contributed by atoms with E-state index in [-0.39, 0.29) is 11.3 Å². The Labute approximate surface area is 196 Å².